The van der Waals surface area contributed by atoms with Gasteiger partial charge in [0.15, 0.2) is 0 Å². The van der Waals surface area contributed by atoms with Crippen LogP contribution in [0, 0.1) is 0 Å². The van der Waals surface area contributed by atoms with Crippen molar-refractivity contribution < 1.29 is 9.59 Å². The highest BCUT2D eigenvalue weighted by Gasteiger charge is 2.44. The molecule has 2 heterocycles. The van der Waals surface area contributed by atoms with E-state index in [0.717, 1.165) is 5.75 Å². The smallest absolute Gasteiger partial charge is 0.315 e. The molecular formula is C7H10N2O2S. The molecule has 66 valence electrons. The molecule has 12 heavy (non-hydrogen) atoms. The lowest BCUT2D eigenvalue weighted by Crippen LogP contribution is -2.39. The molecule has 2 fully saturated rings. The zero-order chi connectivity index (χ0) is 8.72. The maximum Gasteiger partial charge on any atom is 0.315 e. The minimum Gasteiger partial charge on any atom is -0.332 e. The van der Waals surface area contributed by atoms with Gasteiger partial charge in [0.1, 0.15) is 5.78 Å². The molecule has 4 nitrogen and oxygen atoms in total. The minimum absolute atomic E-state index is 0.0139. The monoisotopic (exact) mass is 186 g/mol. The molecular weight excluding hydrogens is 176 g/mol. The Kier molecular flexibility index (Phi) is 1.75. The van der Waals surface area contributed by atoms with Gasteiger partial charge in [-0.05, 0) is 6.92 Å². The molecule has 0 aliphatic carbocycles. The Bertz CT molecular complexity index is 244. The summed E-state index contributed by atoms with van der Waals surface area (Å²) in [5.74, 6) is 0.990. The van der Waals surface area contributed by atoms with E-state index >= 15 is 0 Å². The topological polar surface area (TPSA) is 58.2 Å². The summed E-state index contributed by atoms with van der Waals surface area (Å²) in [6.45, 7) is 1.57. The molecule has 2 saturated heterocycles. The molecule has 0 aromatic rings. The number of amides is 2. The number of ketones is 1. The fourth-order valence-corrected chi connectivity index (χ4v) is 3.07. The van der Waals surface area contributed by atoms with Crippen LogP contribution in [0.1, 0.15) is 6.92 Å². The molecule has 2 amide bonds. The van der Waals surface area contributed by atoms with Gasteiger partial charge in [0.05, 0.1) is 17.3 Å². The summed E-state index contributed by atoms with van der Waals surface area (Å²) in [6, 6.07) is 0.0212. The van der Waals surface area contributed by atoms with E-state index < -0.39 is 0 Å². The third-order valence-corrected chi connectivity index (χ3v) is 3.77. The van der Waals surface area contributed by atoms with E-state index in [1.54, 1.807) is 18.7 Å². The molecule has 0 aromatic heterocycles. The Morgan fingerprint density at radius 1 is 1.58 bits per heavy atom. The van der Waals surface area contributed by atoms with Gasteiger partial charge in [-0.15, -0.1) is 11.8 Å². The van der Waals surface area contributed by atoms with Crippen molar-refractivity contribution in [3.63, 3.8) is 0 Å². The molecule has 2 N–H and O–H groups in total. The fourth-order valence-electron chi connectivity index (χ4n) is 1.67. The Morgan fingerprint density at radius 3 is 3.00 bits per heavy atom. The number of fused-ring (bicyclic) bond motifs is 1. The van der Waals surface area contributed by atoms with Crippen molar-refractivity contribution in [2.24, 2.45) is 0 Å². The lowest BCUT2D eigenvalue weighted by molar-refractivity contribution is -0.116. The average molecular weight is 186 g/mol. The van der Waals surface area contributed by atoms with Crippen LogP contribution in [0.3, 0.4) is 0 Å². The number of carbonyl (C=O) groups excluding carboxylic acids is 2. The molecule has 0 spiro atoms. The van der Waals surface area contributed by atoms with Crippen molar-refractivity contribution in [1.29, 1.82) is 0 Å². The fraction of sp³-hybridized carbons (Fsp3) is 0.714. The molecule has 2 rings (SSSR count). The Morgan fingerprint density at radius 2 is 2.33 bits per heavy atom. The largest absolute Gasteiger partial charge is 0.332 e. The van der Waals surface area contributed by atoms with E-state index in [4.69, 9.17) is 0 Å². The first-order chi connectivity index (χ1) is 5.68. The Balaban J connectivity index is 2.13. The lowest BCUT2D eigenvalue weighted by atomic mass is 10.1. The van der Waals surface area contributed by atoms with Crippen LogP contribution in [0.5, 0.6) is 0 Å². The Labute approximate surface area is 74.5 Å². The highest BCUT2D eigenvalue weighted by molar-refractivity contribution is 8.01. The quantitative estimate of drug-likeness (QED) is 0.555. The third kappa shape index (κ3) is 1.08. The molecule has 2 aliphatic rings. The number of Topliss-reactive ketones (excluding diaryl/α,β-unsaturated/α-hetero) is 1. The van der Waals surface area contributed by atoms with Crippen LogP contribution in [-0.4, -0.2) is 34.9 Å². The minimum atomic E-state index is -0.142. The van der Waals surface area contributed by atoms with Crippen LogP contribution >= 0.6 is 11.8 Å². The molecule has 3 atom stereocenters. The summed E-state index contributed by atoms with van der Waals surface area (Å²) in [7, 11) is 0. The van der Waals surface area contributed by atoms with Crippen molar-refractivity contribution in [2.45, 2.75) is 24.3 Å². The molecule has 0 bridgehead atoms. The first-order valence-electron chi connectivity index (χ1n) is 3.87. The average Bonchev–Trinajstić information content (AvgIpc) is 2.43. The standard InChI is InChI=1S/C7H10N2O2S/c1-3(10)6-5-4(2-12-6)8-7(11)9-5/h4-6H,2H2,1H3,(H2,8,9,11). The zero-order valence-electron chi connectivity index (χ0n) is 6.66. The predicted octanol–water partition coefficient (Wildman–Crippen LogP) is -0.259. The summed E-state index contributed by atoms with van der Waals surface area (Å²) in [6.07, 6.45) is 0. The summed E-state index contributed by atoms with van der Waals surface area (Å²) < 4.78 is 0. The van der Waals surface area contributed by atoms with Crippen molar-refractivity contribution in [3.8, 4) is 0 Å². The van der Waals surface area contributed by atoms with Gasteiger partial charge in [-0.1, -0.05) is 0 Å². The third-order valence-electron chi connectivity index (χ3n) is 2.23. The number of carbonyl (C=O) groups is 2. The number of hydrogen-bond acceptors (Lipinski definition) is 3. The number of urea groups is 1. The predicted molar refractivity (Wildman–Crippen MR) is 46.2 cm³/mol. The van der Waals surface area contributed by atoms with Gasteiger partial charge < -0.3 is 10.6 Å². The van der Waals surface area contributed by atoms with E-state index in [1.807, 2.05) is 0 Å². The summed E-state index contributed by atoms with van der Waals surface area (Å²) >= 11 is 1.62. The van der Waals surface area contributed by atoms with E-state index in [-0.39, 0.29) is 29.1 Å². The molecule has 5 heteroatoms. The van der Waals surface area contributed by atoms with Crippen LogP contribution in [-0.2, 0) is 4.79 Å². The lowest BCUT2D eigenvalue weighted by Gasteiger charge is -2.12. The van der Waals surface area contributed by atoms with Crippen LogP contribution < -0.4 is 10.6 Å². The van der Waals surface area contributed by atoms with Crippen LogP contribution in [0.2, 0.25) is 0 Å². The van der Waals surface area contributed by atoms with Gasteiger partial charge >= 0.3 is 6.03 Å². The van der Waals surface area contributed by atoms with Crippen LogP contribution in [0.4, 0.5) is 4.79 Å². The second kappa shape index (κ2) is 2.65. The number of thioether (sulfide) groups is 1. The maximum absolute atomic E-state index is 11.1. The molecule has 0 saturated carbocycles. The summed E-state index contributed by atoms with van der Waals surface area (Å²) in [4.78, 5) is 22.0. The first-order valence-corrected chi connectivity index (χ1v) is 4.92. The van der Waals surface area contributed by atoms with E-state index in [2.05, 4.69) is 10.6 Å². The number of hydrogen-bond donors (Lipinski definition) is 2. The van der Waals surface area contributed by atoms with Crippen molar-refractivity contribution >= 4 is 23.6 Å². The van der Waals surface area contributed by atoms with Gasteiger partial charge in [0.2, 0.25) is 0 Å². The van der Waals surface area contributed by atoms with E-state index in [1.165, 1.54) is 0 Å². The van der Waals surface area contributed by atoms with Crippen LogP contribution in [0.15, 0.2) is 0 Å². The molecule has 0 aromatic carbocycles. The van der Waals surface area contributed by atoms with Crippen LogP contribution in [0.25, 0.3) is 0 Å². The molecule has 0 radical (unpaired) electrons. The van der Waals surface area contributed by atoms with Crippen molar-refractivity contribution in [2.75, 3.05) is 5.75 Å². The highest BCUT2D eigenvalue weighted by atomic mass is 32.2. The second-order valence-electron chi connectivity index (χ2n) is 3.11. The number of nitrogens with one attached hydrogen (secondary N) is 2. The first kappa shape index (κ1) is 7.91. The zero-order valence-corrected chi connectivity index (χ0v) is 7.48. The highest BCUT2D eigenvalue weighted by Crippen LogP contribution is 2.30. The van der Waals surface area contributed by atoms with E-state index in [0.29, 0.717) is 0 Å². The SMILES string of the molecule is CC(=O)C1SCC2NC(=O)NC21. The maximum atomic E-state index is 11.1. The van der Waals surface area contributed by atoms with Gasteiger partial charge in [-0.3, -0.25) is 4.79 Å². The van der Waals surface area contributed by atoms with Gasteiger partial charge in [-0.25, -0.2) is 4.79 Å². The summed E-state index contributed by atoms with van der Waals surface area (Å²) in [5, 5.41) is 5.49. The Hall–Kier alpha value is -0.710. The van der Waals surface area contributed by atoms with Gasteiger partial charge in [0, 0.05) is 5.75 Å². The number of rotatable bonds is 1. The van der Waals surface area contributed by atoms with Crippen molar-refractivity contribution in [1.82, 2.24) is 10.6 Å². The van der Waals surface area contributed by atoms with Crippen molar-refractivity contribution in [3.05, 3.63) is 0 Å². The molecule has 2 aliphatic heterocycles. The van der Waals surface area contributed by atoms with Gasteiger partial charge in [-0.2, -0.15) is 0 Å². The molecule has 3 unspecified atom stereocenters. The summed E-state index contributed by atoms with van der Waals surface area (Å²) in [5.41, 5.74) is 0. The normalized spacial score (nSPS) is 38.8. The van der Waals surface area contributed by atoms with E-state index in [9.17, 15) is 9.59 Å². The second-order valence-corrected chi connectivity index (χ2v) is 4.29. The van der Waals surface area contributed by atoms with Gasteiger partial charge in [0.25, 0.3) is 0 Å².